The van der Waals surface area contributed by atoms with E-state index >= 15 is 0 Å². The first-order valence-corrected chi connectivity index (χ1v) is 12.7. The molecular weight excluding hydrogens is 445 g/mol. The zero-order valence-corrected chi connectivity index (χ0v) is 20.8. The van der Waals surface area contributed by atoms with Crippen molar-refractivity contribution in [2.24, 2.45) is 0 Å². The van der Waals surface area contributed by atoms with Crippen molar-refractivity contribution < 1.29 is 18.7 Å². The van der Waals surface area contributed by atoms with E-state index in [1.807, 2.05) is 35.2 Å². The van der Waals surface area contributed by atoms with E-state index in [-0.39, 0.29) is 11.8 Å². The smallest absolute Gasteiger partial charge is 0.324 e. The molecule has 6 nitrogen and oxygen atoms in total. The third-order valence-electron chi connectivity index (χ3n) is 6.59. The molecule has 0 aliphatic carbocycles. The molecule has 1 fully saturated rings. The normalized spacial score (nSPS) is 16.3. The van der Waals surface area contributed by atoms with Crippen LogP contribution < -0.4 is 19.7 Å². The van der Waals surface area contributed by atoms with E-state index in [1.54, 1.807) is 18.1 Å². The highest BCUT2D eigenvalue weighted by molar-refractivity contribution is 5.93. The van der Waals surface area contributed by atoms with Gasteiger partial charge in [0.05, 0.1) is 13.7 Å². The number of rotatable bonds is 10. The van der Waals surface area contributed by atoms with Crippen LogP contribution in [0.1, 0.15) is 50.2 Å². The summed E-state index contributed by atoms with van der Waals surface area (Å²) in [6.07, 6.45) is 6.93. The van der Waals surface area contributed by atoms with Gasteiger partial charge in [-0.1, -0.05) is 31.9 Å². The number of halogens is 1. The first kappa shape index (κ1) is 25.0. The van der Waals surface area contributed by atoms with E-state index < -0.39 is 0 Å². The number of ether oxygens (including phenoxy) is 2. The lowest BCUT2D eigenvalue weighted by atomic mass is 9.97. The van der Waals surface area contributed by atoms with Gasteiger partial charge >= 0.3 is 6.03 Å². The molecule has 0 aromatic heterocycles. The van der Waals surface area contributed by atoms with E-state index in [0.717, 1.165) is 62.0 Å². The predicted octanol–water partition coefficient (Wildman–Crippen LogP) is 5.61. The Hall–Kier alpha value is -3.06. The summed E-state index contributed by atoms with van der Waals surface area (Å²) in [5.41, 5.74) is 3.40. The molecule has 1 N–H and O–H groups in total. The second-order valence-corrected chi connectivity index (χ2v) is 9.10. The lowest BCUT2D eigenvalue weighted by molar-refractivity contribution is 0.192. The quantitative estimate of drug-likeness (QED) is 0.448. The lowest BCUT2D eigenvalue weighted by Gasteiger charge is -2.36. The monoisotopic (exact) mass is 481 g/mol. The maximum absolute atomic E-state index is 14.6. The van der Waals surface area contributed by atoms with Crippen molar-refractivity contribution in [2.45, 2.75) is 45.6 Å². The molecule has 0 unspecified atom stereocenters. The van der Waals surface area contributed by atoms with E-state index in [0.29, 0.717) is 43.3 Å². The Labute approximate surface area is 207 Å². The number of hydrogen-bond donors (Lipinski definition) is 1. The maximum Gasteiger partial charge on any atom is 0.324 e. The minimum absolute atomic E-state index is 0.0506. The largest absolute Gasteiger partial charge is 0.493 e. The van der Waals surface area contributed by atoms with Crippen LogP contribution in [0.5, 0.6) is 11.5 Å². The average Bonchev–Trinajstić information content (AvgIpc) is 2.89. The Morgan fingerprint density at radius 2 is 1.97 bits per heavy atom. The molecule has 188 valence electrons. The summed E-state index contributed by atoms with van der Waals surface area (Å²) < 4.78 is 26.0. The van der Waals surface area contributed by atoms with Crippen LogP contribution in [0.15, 0.2) is 42.5 Å². The Balaban J connectivity index is 1.48. The minimum Gasteiger partial charge on any atom is -0.493 e. The molecule has 1 saturated heterocycles. The van der Waals surface area contributed by atoms with E-state index in [9.17, 15) is 9.18 Å². The van der Waals surface area contributed by atoms with Crippen LogP contribution in [0, 0.1) is 5.82 Å². The summed E-state index contributed by atoms with van der Waals surface area (Å²) >= 11 is 0. The van der Waals surface area contributed by atoms with Gasteiger partial charge in [-0.25, -0.2) is 9.18 Å². The van der Waals surface area contributed by atoms with Gasteiger partial charge in [-0.15, -0.1) is 0 Å². The number of methoxy groups -OCH3 is 1. The van der Waals surface area contributed by atoms with Crippen LogP contribution in [0.2, 0.25) is 0 Å². The number of nitrogens with one attached hydrogen (secondary N) is 1. The number of urea groups is 1. The molecule has 0 spiro atoms. The molecule has 4 rings (SSSR count). The van der Waals surface area contributed by atoms with Gasteiger partial charge in [-0.2, -0.15) is 0 Å². The standard InChI is InChI=1S/C28H36FN3O3/c1-3-4-5-17-35-27-19-23(8-10-26(27)34-2)32-16-6-15-31(28(32)33)20-21-7-9-25(29)24(18-21)22-11-13-30-14-12-22/h7-11,18-19,30H,3-6,12-17,20H2,1-2H3. The SMILES string of the molecule is CCCCCOc1cc(N2CCCN(Cc3ccc(F)c(C4=CCNCC4)c3)C2=O)ccc1OC. The number of benzene rings is 2. The summed E-state index contributed by atoms with van der Waals surface area (Å²) in [6, 6.07) is 10.8. The average molecular weight is 482 g/mol. The molecule has 2 aliphatic rings. The first-order valence-electron chi connectivity index (χ1n) is 12.7. The van der Waals surface area contributed by atoms with Gasteiger partial charge in [-0.3, -0.25) is 4.90 Å². The molecule has 2 amide bonds. The van der Waals surface area contributed by atoms with Gasteiger partial charge in [0.25, 0.3) is 0 Å². The van der Waals surface area contributed by atoms with Gasteiger partial charge in [0.15, 0.2) is 11.5 Å². The fourth-order valence-corrected chi connectivity index (χ4v) is 4.65. The summed E-state index contributed by atoms with van der Waals surface area (Å²) in [4.78, 5) is 17.1. The molecule has 2 heterocycles. The predicted molar refractivity (Wildman–Crippen MR) is 138 cm³/mol. The number of hydrogen-bond acceptors (Lipinski definition) is 4. The Kier molecular flexibility index (Phi) is 8.64. The molecule has 0 radical (unpaired) electrons. The zero-order chi connectivity index (χ0) is 24.6. The van der Waals surface area contributed by atoms with Crippen molar-refractivity contribution >= 4 is 17.3 Å². The highest BCUT2D eigenvalue weighted by Crippen LogP contribution is 2.33. The van der Waals surface area contributed by atoms with Crippen molar-refractivity contribution in [3.8, 4) is 11.5 Å². The Morgan fingerprint density at radius 1 is 1.09 bits per heavy atom. The Bertz CT molecular complexity index is 1060. The van der Waals surface area contributed by atoms with Gasteiger partial charge in [0.1, 0.15) is 5.82 Å². The Morgan fingerprint density at radius 3 is 2.74 bits per heavy atom. The number of amides is 2. The number of carbonyl (C=O) groups excluding carboxylic acids is 1. The third kappa shape index (κ3) is 6.14. The fourth-order valence-electron chi connectivity index (χ4n) is 4.65. The molecule has 2 aromatic rings. The van der Waals surface area contributed by atoms with Crippen molar-refractivity contribution in [1.82, 2.24) is 10.2 Å². The lowest BCUT2D eigenvalue weighted by Crippen LogP contribution is -2.49. The first-order chi connectivity index (χ1) is 17.1. The zero-order valence-electron chi connectivity index (χ0n) is 20.8. The van der Waals surface area contributed by atoms with Crippen LogP contribution in [0.4, 0.5) is 14.9 Å². The van der Waals surface area contributed by atoms with Crippen LogP contribution >= 0.6 is 0 Å². The molecule has 2 aliphatic heterocycles. The number of nitrogens with zero attached hydrogens (tertiary/aromatic N) is 2. The minimum atomic E-state index is -0.210. The number of carbonyl (C=O) groups is 1. The molecular formula is C28H36FN3O3. The van der Waals surface area contributed by atoms with Crippen molar-refractivity contribution in [3.05, 3.63) is 59.4 Å². The molecule has 35 heavy (non-hydrogen) atoms. The van der Waals surface area contributed by atoms with Gasteiger partial charge in [-0.05, 0) is 61.2 Å². The fraction of sp³-hybridized carbons (Fsp3) is 0.464. The van der Waals surface area contributed by atoms with Gasteiger partial charge in [0.2, 0.25) is 0 Å². The number of anilines is 1. The van der Waals surface area contributed by atoms with Gasteiger partial charge < -0.3 is 19.7 Å². The van der Waals surface area contributed by atoms with Crippen LogP contribution in [-0.4, -0.2) is 50.8 Å². The third-order valence-corrected chi connectivity index (χ3v) is 6.59. The number of unbranched alkanes of at least 4 members (excludes halogenated alkanes) is 2. The topological polar surface area (TPSA) is 54.0 Å². The molecule has 0 saturated carbocycles. The van der Waals surface area contributed by atoms with E-state index in [4.69, 9.17) is 9.47 Å². The summed E-state index contributed by atoms with van der Waals surface area (Å²) in [5, 5.41) is 3.26. The highest BCUT2D eigenvalue weighted by atomic mass is 19.1. The van der Waals surface area contributed by atoms with Crippen molar-refractivity contribution in [2.75, 3.05) is 44.8 Å². The molecule has 0 bridgehead atoms. The summed E-state index contributed by atoms with van der Waals surface area (Å²) in [5.74, 6) is 1.11. The van der Waals surface area contributed by atoms with E-state index in [1.165, 1.54) is 6.07 Å². The molecule has 7 heteroatoms. The highest BCUT2D eigenvalue weighted by Gasteiger charge is 2.28. The van der Waals surface area contributed by atoms with Crippen LogP contribution in [0.3, 0.4) is 0 Å². The maximum atomic E-state index is 14.6. The second kappa shape index (κ2) is 12.1. The van der Waals surface area contributed by atoms with Gasteiger partial charge in [0, 0.05) is 43.5 Å². The summed E-state index contributed by atoms with van der Waals surface area (Å²) in [7, 11) is 1.62. The second-order valence-electron chi connectivity index (χ2n) is 9.10. The molecule has 0 atom stereocenters. The van der Waals surface area contributed by atoms with Crippen LogP contribution in [-0.2, 0) is 6.54 Å². The molecule has 2 aromatic carbocycles. The van der Waals surface area contributed by atoms with Crippen molar-refractivity contribution in [3.63, 3.8) is 0 Å². The van der Waals surface area contributed by atoms with Crippen LogP contribution in [0.25, 0.3) is 5.57 Å². The van der Waals surface area contributed by atoms with Crippen molar-refractivity contribution in [1.29, 1.82) is 0 Å². The summed E-state index contributed by atoms with van der Waals surface area (Å²) in [6.45, 7) is 6.15. The van der Waals surface area contributed by atoms with E-state index in [2.05, 4.69) is 12.2 Å².